The Morgan fingerprint density at radius 3 is 2.28 bits per heavy atom. The van der Waals surface area contributed by atoms with Crippen LogP contribution in [-0.2, 0) is 9.59 Å². The molecule has 1 amide bonds. The maximum atomic E-state index is 13.2. The van der Waals surface area contributed by atoms with Crippen LogP contribution >= 0.6 is 11.6 Å². The second-order valence-electron chi connectivity index (χ2n) is 8.00. The molecule has 32 heavy (non-hydrogen) atoms. The summed E-state index contributed by atoms with van der Waals surface area (Å²) in [6, 6.07) is 20.8. The predicted octanol–water partition coefficient (Wildman–Crippen LogP) is 5.34. The van der Waals surface area contributed by atoms with Crippen molar-refractivity contribution in [3.8, 4) is 0 Å². The molecule has 0 aromatic heterocycles. The van der Waals surface area contributed by atoms with Crippen molar-refractivity contribution in [1.29, 1.82) is 0 Å². The largest absolute Gasteiger partial charge is 0.507 e. The maximum Gasteiger partial charge on any atom is 0.300 e. The maximum absolute atomic E-state index is 13.2. The molecule has 162 valence electrons. The molecule has 0 aliphatic carbocycles. The van der Waals surface area contributed by atoms with Crippen molar-refractivity contribution in [3.05, 3.63) is 100 Å². The Kier molecular flexibility index (Phi) is 5.76. The highest BCUT2D eigenvalue weighted by Gasteiger charge is 2.47. The lowest BCUT2D eigenvalue weighted by Gasteiger charge is -2.26. The third-order valence-corrected chi connectivity index (χ3v) is 5.78. The van der Waals surface area contributed by atoms with Crippen molar-refractivity contribution in [1.82, 2.24) is 0 Å². The highest BCUT2D eigenvalue weighted by Crippen LogP contribution is 2.42. The average Bonchev–Trinajstić information content (AvgIpc) is 3.04. The molecule has 3 aromatic carbocycles. The number of carbonyl (C=O) groups is 2. The second kappa shape index (κ2) is 8.52. The highest BCUT2D eigenvalue weighted by molar-refractivity contribution is 6.51. The van der Waals surface area contributed by atoms with Gasteiger partial charge in [-0.1, -0.05) is 53.6 Å². The zero-order valence-electron chi connectivity index (χ0n) is 18.0. The fraction of sp³-hybridized carbons (Fsp3) is 0.154. The Hall–Kier alpha value is -3.57. The van der Waals surface area contributed by atoms with Crippen molar-refractivity contribution in [2.24, 2.45) is 0 Å². The van der Waals surface area contributed by atoms with Crippen LogP contribution in [0.3, 0.4) is 0 Å². The normalized spacial score (nSPS) is 17.6. The molecule has 5 nitrogen and oxygen atoms in total. The van der Waals surface area contributed by atoms with Gasteiger partial charge in [-0.15, -0.1) is 0 Å². The topological polar surface area (TPSA) is 60.9 Å². The predicted molar refractivity (Wildman–Crippen MR) is 128 cm³/mol. The Morgan fingerprint density at radius 2 is 1.66 bits per heavy atom. The van der Waals surface area contributed by atoms with Gasteiger partial charge >= 0.3 is 0 Å². The van der Waals surface area contributed by atoms with E-state index < -0.39 is 17.7 Å². The van der Waals surface area contributed by atoms with Crippen LogP contribution in [0, 0.1) is 6.92 Å². The van der Waals surface area contributed by atoms with Crippen LogP contribution in [0.2, 0.25) is 5.02 Å². The molecule has 1 saturated heterocycles. The van der Waals surface area contributed by atoms with E-state index in [1.54, 1.807) is 24.3 Å². The van der Waals surface area contributed by atoms with Crippen molar-refractivity contribution in [2.75, 3.05) is 23.9 Å². The minimum absolute atomic E-state index is 0.0413. The van der Waals surface area contributed by atoms with E-state index in [-0.39, 0.29) is 11.3 Å². The van der Waals surface area contributed by atoms with Crippen molar-refractivity contribution < 1.29 is 14.7 Å². The van der Waals surface area contributed by atoms with E-state index in [0.717, 1.165) is 16.8 Å². The summed E-state index contributed by atoms with van der Waals surface area (Å²) in [4.78, 5) is 29.8. The van der Waals surface area contributed by atoms with Crippen LogP contribution in [-0.4, -0.2) is 30.9 Å². The fourth-order valence-electron chi connectivity index (χ4n) is 3.96. The van der Waals surface area contributed by atoms with Gasteiger partial charge in [0, 0.05) is 36.1 Å². The molecular formula is C26H23ClN2O3. The van der Waals surface area contributed by atoms with Crippen LogP contribution in [0.5, 0.6) is 0 Å². The number of aliphatic hydroxyl groups is 1. The van der Waals surface area contributed by atoms with Crippen LogP contribution in [0.15, 0.2) is 78.4 Å². The lowest BCUT2D eigenvalue weighted by molar-refractivity contribution is -0.132. The SMILES string of the molecule is Cc1cccc(C2/C(=C(/O)c3cccc(Cl)c3)C(=O)C(=O)N2c2ccc(N(C)C)cc2)c1. The van der Waals surface area contributed by atoms with Gasteiger partial charge in [0.2, 0.25) is 0 Å². The number of ketones is 1. The van der Waals surface area contributed by atoms with E-state index in [1.807, 2.05) is 74.4 Å². The average molecular weight is 447 g/mol. The minimum Gasteiger partial charge on any atom is -0.507 e. The number of hydrogen-bond donors (Lipinski definition) is 1. The third kappa shape index (κ3) is 3.87. The van der Waals surface area contributed by atoms with Gasteiger partial charge in [-0.05, 0) is 48.9 Å². The lowest BCUT2D eigenvalue weighted by atomic mass is 9.94. The zero-order chi connectivity index (χ0) is 23.0. The number of Topliss-reactive ketones (excluding diaryl/α,β-unsaturated/α-hetero) is 1. The summed E-state index contributed by atoms with van der Waals surface area (Å²) in [5, 5.41) is 11.6. The molecule has 1 aliphatic rings. The smallest absolute Gasteiger partial charge is 0.300 e. The molecule has 1 N–H and O–H groups in total. The number of benzene rings is 3. The zero-order valence-corrected chi connectivity index (χ0v) is 18.8. The van der Waals surface area contributed by atoms with E-state index >= 15 is 0 Å². The first kappa shape index (κ1) is 21.7. The number of rotatable bonds is 4. The van der Waals surface area contributed by atoms with Crippen LogP contribution < -0.4 is 9.80 Å². The van der Waals surface area contributed by atoms with E-state index in [0.29, 0.717) is 16.3 Å². The number of anilines is 2. The van der Waals surface area contributed by atoms with Crippen LogP contribution in [0.4, 0.5) is 11.4 Å². The first-order valence-corrected chi connectivity index (χ1v) is 10.6. The summed E-state index contributed by atoms with van der Waals surface area (Å²) in [6.45, 7) is 1.94. The monoisotopic (exact) mass is 446 g/mol. The van der Waals surface area contributed by atoms with E-state index in [1.165, 1.54) is 4.90 Å². The van der Waals surface area contributed by atoms with E-state index in [4.69, 9.17) is 11.6 Å². The number of aliphatic hydroxyl groups excluding tert-OH is 1. The number of aryl methyl sites for hydroxylation is 1. The van der Waals surface area contributed by atoms with Gasteiger partial charge in [-0.2, -0.15) is 0 Å². The van der Waals surface area contributed by atoms with Gasteiger partial charge in [-0.3, -0.25) is 14.5 Å². The minimum atomic E-state index is -0.765. The Labute approximate surface area is 192 Å². The summed E-state index contributed by atoms with van der Waals surface area (Å²) in [6.07, 6.45) is 0. The molecule has 0 saturated carbocycles. The first-order valence-electron chi connectivity index (χ1n) is 10.2. The molecule has 1 aliphatic heterocycles. The molecule has 1 atom stereocenters. The number of carbonyl (C=O) groups excluding carboxylic acids is 2. The molecule has 1 unspecified atom stereocenters. The van der Waals surface area contributed by atoms with E-state index in [2.05, 4.69) is 0 Å². The molecule has 4 rings (SSSR count). The van der Waals surface area contributed by atoms with Gasteiger partial charge in [0.15, 0.2) is 0 Å². The Morgan fingerprint density at radius 1 is 0.969 bits per heavy atom. The van der Waals surface area contributed by atoms with Gasteiger partial charge in [-0.25, -0.2) is 0 Å². The van der Waals surface area contributed by atoms with Crippen molar-refractivity contribution in [2.45, 2.75) is 13.0 Å². The molecule has 3 aromatic rings. The number of amides is 1. The number of hydrogen-bond acceptors (Lipinski definition) is 4. The third-order valence-electron chi connectivity index (χ3n) is 5.54. The Balaban J connectivity index is 1.92. The number of nitrogens with zero attached hydrogens (tertiary/aromatic N) is 2. The molecular weight excluding hydrogens is 424 g/mol. The summed E-state index contributed by atoms with van der Waals surface area (Å²) < 4.78 is 0. The van der Waals surface area contributed by atoms with Crippen molar-refractivity contribution >= 4 is 40.4 Å². The summed E-state index contributed by atoms with van der Waals surface area (Å²) >= 11 is 6.10. The standard InChI is InChI=1S/C26H23ClN2O3/c1-16-6-4-7-17(14-16)23-22(24(30)18-8-5-9-19(27)15-18)25(31)26(32)29(23)21-12-10-20(11-13-21)28(2)3/h4-15,23,30H,1-3H3/b24-22-. The van der Waals surface area contributed by atoms with Crippen LogP contribution in [0.1, 0.15) is 22.7 Å². The molecule has 0 bridgehead atoms. The second-order valence-corrected chi connectivity index (χ2v) is 8.44. The van der Waals surface area contributed by atoms with Gasteiger partial charge in [0.05, 0.1) is 11.6 Å². The van der Waals surface area contributed by atoms with Gasteiger partial charge < -0.3 is 10.0 Å². The van der Waals surface area contributed by atoms with Crippen LogP contribution in [0.25, 0.3) is 5.76 Å². The molecule has 0 radical (unpaired) electrons. The van der Waals surface area contributed by atoms with Crippen molar-refractivity contribution in [3.63, 3.8) is 0 Å². The highest BCUT2D eigenvalue weighted by atomic mass is 35.5. The Bertz CT molecular complexity index is 1230. The first-order chi connectivity index (χ1) is 15.3. The quantitative estimate of drug-likeness (QED) is 0.334. The van der Waals surface area contributed by atoms with E-state index in [9.17, 15) is 14.7 Å². The van der Waals surface area contributed by atoms with Gasteiger partial charge in [0.25, 0.3) is 11.7 Å². The number of halogens is 1. The molecule has 1 fully saturated rings. The fourth-order valence-corrected chi connectivity index (χ4v) is 4.15. The molecule has 6 heteroatoms. The van der Waals surface area contributed by atoms with Gasteiger partial charge in [0.1, 0.15) is 5.76 Å². The molecule has 1 heterocycles. The summed E-state index contributed by atoms with van der Waals surface area (Å²) in [5.41, 5.74) is 3.70. The molecule has 0 spiro atoms. The summed E-state index contributed by atoms with van der Waals surface area (Å²) in [7, 11) is 3.86. The summed E-state index contributed by atoms with van der Waals surface area (Å²) in [5.74, 6) is -1.66. The lowest BCUT2D eigenvalue weighted by Crippen LogP contribution is -2.29.